The number of anilines is 2. The smallest absolute Gasteiger partial charge is 0.247 e. The van der Waals surface area contributed by atoms with Gasteiger partial charge in [0.25, 0.3) is 0 Å². The quantitative estimate of drug-likeness (QED) is 0.154. The van der Waals surface area contributed by atoms with Crippen molar-refractivity contribution in [1.82, 2.24) is 9.97 Å². The lowest BCUT2D eigenvalue weighted by Gasteiger charge is -2.23. The van der Waals surface area contributed by atoms with Gasteiger partial charge in [-0.05, 0) is 94.8 Å². The van der Waals surface area contributed by atoms with Gasteiger partial charge >= 0.3 is 0 Å². The second-order valence-electron chi connectivity index (χ2n) is 12.0. The summed E-state index contributed by atoms with van der Waals surface area (Å²) in [5.74, 6) is -0.991. The van der Waals surface area contributed by atoms with Gasteiger partial charge in [-0.25, -0.2) is 26.8 Å². The Morgan fingerprint density at radius 2 is 1.16 bits per heavy atom. The number of amides is 2. The fourth-order valence-corrected chi connectivity index (χ4v) is 7.91. The van der Waals surface area contributed by atoms with E-state index in [1.807, 2.05) is 42.6 Å². The molecule has 0 fully saturated rings. The van der Waals surface area contributed by atoms with Crippen LogP contribution in [0.3, 0.4) is 0 Å². The Hall–Kier alpha value is -4.14. The highest BCUT2D eigenvalue weighted by Gasteiger charge is 2.44. The van der Waals surface area contributed by atoms with Crippen LogP contribution >= 0.6 is 34.5 Å². The highest BCUT2D eigenvalue weighted by molar-refractivity contribution is 7.94. The standard InChI is InChI=1S/C19H17ClN2O3S2.C16H17ClN2O3S/c1-19(2,27(24,25)15-10-8-14(20)9-11-15)17(23)22-18-21-16(12-26-18)13-6-4-3-5-7-13;1-11-4-9-14(18-10-11)19-15(20)16(2,3)23(21,22)13-7-5-12(17)6-8-13/h3-12H,1-2H3,(H,21,22,23);4-10H,1-3H3,(H,18,19,20). The molecule has 2 N–H and O–H groups in total. The maximum absolute atomic E-state index is 12.9. The van der Waals surface area contributed by atoms with Crippen molar-refractivity contribution in [2.45, 2.75) is 53.9 Å². The molecule has 2 heterocycles. The third-order valence-electron chi connectivity index (χ3n) is 7.63. The van der Waals surface area contributed by atoms with Crippen molar-refractivity contribution in [2.24, 2.45) is 0 Å². The number of thiazole rings is 1. The molecule has 0 atom stereocenters. The number of halogens is 2. The molecule has 0 spiro atoms. The van der Waals surface area contributed by atoms with E-state index in [4.69, 9.17) is 23.2 Å². The molecule has 0 radical (unpaired) electrons. The molecule has 0 saturated heterocycles. The molecule has 262 valence electrons. The van der Waals surface area contributed by atoms with Crippen molar-refractivity contribution < 1.29 is 26.4 Å². The third kappa shape index (κ3) is 8.59. The van der Waals surface area contributed by atoms with E-state index in [-0.39, 0.29) is 9.79 Å². The molecule has 0 aliphatic heterocycles. The first kappa shape index (κ1) is 38.7. The molecule has 5 aromatic rings. The van der Waals surface area contributed by atoms with E-state index in [9.17, 15) is 26.4 Å². The van der Waals surface area contributed by atoms with E-state index >= 15 is 0 Å². The third-order valence-corrected chi connectivity index (χ3v) is 13.7. The van der Waals surface area contributed by atoms with E-state index in [0.29, 0.717) is 26.7 Å². The summed E-state index contributed by atoms with van der Waals surface area (Å²) in [5.41, 5.74) is 2.58. The van der Waals surface area contributed by atoms with E-state index in [1.54, 1.807) is 18.3 Å². The van der Waals surface area contributed by atoms with Crippen molar-refractivity contribution in [3.8, 4) is 11.3 Å². The summed E-state index contributed by atoms with van der Waals surface area (Å²) in [4.78, 5) is 33.7. The van der Waals surface area contributed by atoms with Crippen molar-refractivity contribution >= 4 is 77.0 Å². The second kappa shape index (κ2) is 15.4. The number of nitrogens with one attached hydrogen (secondary N) is 2. The normalized spacial score (nSPS) is 12.0. The highest BCUT2D eigenvalue weighted by atomic mass is 35.5. The monoisotopic (exact) mass is 772 g/mol. The Morgan fingerprint density at radius 3 is 1.62 bits per heavy atom. The molecule has 10 nitrogen and oxygen atoms in total. The maximum atomic E-state index is 12.9. The summed E-state index contributed by atoms with van der Waals surface area (Å²) in [6, 6.07) is 24.4. The van der Waals surface area contributed by atoms with E-state index < -0.39 is 41.0 Å². The van der Waals surface area contributed by atoms with Gasteiger partial charge in [-0.3, -0.25) is 9.59 Å². The van der Waals surface area contributed by atoms with Crippen LogP contribution in [0.4, 0.5) is 10.9 Å². The van der Waals surface area contributed by atoms with Crippen molar-refractivity contribution in [3.05, 3.63) is 118 Å². The van der Waals surface area contributed by atoms with Crippen molar-refractivity contribution in [1.29, 1.82) is 0 Å². The van der Waals surface area contributed by atoms with Gasteiger partial charge in [0.05, 0.1) is 15.5 Å². The topological polar surface area (TPSA) is 152 Å². The zero-order valence-corrected chi connectivity index (χ0v) is 31.6. The summed E-state index contributed by atoms with van der Waals surface area (Å²) >= 11 is 12.8. The molecule has 2 aromatic heterocycles. The number of sulfone groups is 2. The fourth-order valence-electron chi connectivity index (χ4n) is 4.19. The lowest BCUT2D eigenvalue weighted by Crippen LogP contribution is -2.44. The molecule has 0 bridgehead atoms. The molecule has 3 aromatic carbocycles. The molecule has 0 saturated carbocycles. The van der Waals surface area contributed by atoms with Crippen LogP contribution in [0.15, 0.2) is 112 Å². The molecular weight excluding hydrogens is 740 g/mol. The number of carbonyl (C=O) groups excluding carboxylic acids is 2. The summed E-state index contributed by atoms with van der Waals surface area (Å²) in [5, 5.41) is 8.17. The predicted molar refractivity (Wildman–Crippen MR) is 199 cm³/mol. The lowest BCUT2D eigenvalue weighted by atomic mass is 10.2. The van der Waals surface area contributed by atoms with Crippen molar-refractivity contribution in [3.63, 3.8) is 0 Å². The number of hydrogen-bond acceptors (Lipinski definition) is 9. The van der Waals surface area contributed by atoms with Crippen LogP contribution in [0.25, 0.3) is 11.3 Å². The zero-order valence-electron chi connectivity index (χ0n) is 27.6. The Labute approximate surface area is 305 Å². The summed E-state index contributed by atoms with van der Waals surface area (Å²) in [7, 11) is -7.80. The molecule has 0 unspecified atom stereocenters. The first-order chi connectivity index (χ1) is 23.4. The first-order valence-electron chi connectivity index (χ1n) is 14.9. The predicted octanol–water partition coefficient (Wildman–Crippen LogP) is 7.89. The van der Waals surface area contributed by atoms with Crippen LogP contribution in [0, 0.1) is 6.92 Å². The number of rotatable bonds is 9. The Kier molecular flexibility index (Phi) is 11.9. The maximum Gasteiger partial charge on any atom is 0.247 e. The van der Waals surface area contributed by atoms with Crippen LogP contribution in [0.5, 0.6) is 0 Å². The van der Waals surface area contributed by atoms with Gasteiger partial charge in [0, 0.05) is 27.2 Å². The Morgan fingerprint density at radius 1 is 0.680 bits per heavy atom. The van der Waals surface area contributed by atoms with Crippen LogP contribution in [-0.4, -0.2) is 48.1 Å². The highest BCUT2D eigenvalue weighted by Crippen LogP contribution is 2.31. The number of hydrogen-bond donors (Lipinski definition) is 2. The summed E-state index contributed by atoms with van der Waals surface area (Å²) in [6.07, 6.45) is 1.59. The Bertz CT molecular complexity index is 2190. The van der Waals surface area contributed by atoms with E-state index in [1.165, 1.54) is 87.6 Å². The molecule has 2 amide bonds. The summed E-state index contributed by atoms with van der Waals surface area (Å²) < 4.78 is 47.9. The number of aromatic nitrogens is 2. The summed E-state index contributed by atoms with van der Waals surface area (Å²) in [6.45, 7) is 7.34. The van der Waals surface area contributed by atoms with Crippen LogP contribution in [0.1, 0.15) is 33.3 Å². The van der Waals surface area contributed by atoms with Gasteiger partial charge in [-0.2, -0.15) is 0 Å². The second-order valence-corrected chi connectivity index (χ2v) is 18.7. The van der Waals surface area contributed by atoms with Gasteiger partial charge in [0.1, 0.15) is 15.3 Å². The van der Waals surface area contributed by atoms with Crippen LogP contribution in [0.2, 0.25) is 10.0 Å². The molecule has 50 heavy (non-hydrogen) atoms. The average molecular weight is 774 g/mol. The van der Waals surface area contributed by atoms with E-state index in [0.717, 1.165) is 11.1 Å². The fraction of sp³-hybridized carbons (Fsp3) is 0.200. The number of carbonyl (C=O) groups is 2. The molecule has 15 heteroatoms. The SMILES string of the molecule is CC(C)(C(=O)Nc1nc(-c2ccccc2)cs1)S(=O)(=O)c1ccc(Cl)cc1.Cc1ccc(NC(=O)C(C)(C)S(=O)(=O)c2ccc(Cl)cc2)nc1. The van der Waals surface area contributed by atoms with Crippen LogP contribution in [-0.2, 0) is 29.3 Å². The van der Waals surface area contributed by atoms with Gasteiger partial charge in [-0.15, -0.1) is 11.3 Å². The number of benzene rings is 3. The first-order valence-corrected chi connectivity index (χ1v) is 19.5. The molecule has 0 aliphatic rings. The zero-order chi connectivity index (χ0) is 36.9. The average Bonchev–Trinajstić information content (AvgIpc) is 3.55. The minimum absolute atomic E-state index is 0.0381. The Balaban J connectivity index is 0.000000228. The van der Waals surface area contributed by atoms with Gasteiger partial charge in [0.15, 0.2) is 24.8 Å². The number of pyridine rings is 1. The van der Waals surface area contributed by atoms with E-state index in [2.05, 4.69) is 20.6 Å². The lowest BCUT2D eigenvalue weighted by molar-refractivity contribution is -0.118. The van der Waals surface area contributed by atoms with Gasteiger partial charge in [0.2, 0.25) is 11.8 Å². The van der Waals surface area contributed by atoms with Crippen molar-refractivity contribution in [2.75, 3.05) is 10.6 Å². The minimum atomic E-state index is -3.91. The number of aryl methyl sites for hydroxylation is 1. The molecular formula is C35H34Cl2N4O6S3. The van der Waals surface area contributed by atoms with Crippen LogP contribution < -0.4 is 10.6 Å². The van der Waals surface area contributed by atoms with Gasteiger partial charge < -0.3 is 10.6 Å². The minimum Gasteiger partial charge on any atom is -0.309 e. The largest absolute Gasteiger partial charge is 0.309 e. The molecule has 0 aliphatic carbocycles. The molecule has 5 rings (SSSR count). The van der Waals surface area contributed by atoms with Gasteiger partial charge in [-0.1, -0.05) is 59.6 Å². The number of nitrogens with zero attached hydrogens (tertiary/aromatic N) is 2.